The van der Waals surface area contributed by atoms with E-state index in [0.717, 1.165) is 20.9 Å². The molecule has 4 heteroatoms. The first-order chi connectivity index (χ1) is 9.63. The van der Waals surface area contributed by atoms with Crippen LogP contribution in [0.4, 0.5) is 5.69 Å². The molecule has 1 N–H and O–H groups in total. The lowest BCUT2D eigenvalue weighted by atomic mass is 10.0. The highest BCUT2D eigenvalue weighted by Gasteiger charge is 2.32. The number of hydrogen-bond donors (Lipinski definition) is 1. The maximum atomic E-state index is 5.97. The van der Waals surface area contributed by atoms with Gasteiger partial charge in [-0.05, 0) is 70.9 Å². The van der Waals surface area contributed by atoms with Crippen molar-refractivity contribution in [3.63, 3.8) is 0 Å². The van der Waals surface area contributed by atoms with E-state index in [9.17, 15) is 0 Å². The predicted octanol–water partition coefficient (Wildman–Crippen LogP) is 5.37. The van der Waals surface area contributed by atoms with Crippen molar-refractivity contribution in [3.05, 3.63) is 57.3 Å². The van der Waals surface area contributed by atoms with Crippen molar-refractivity contribution in [2.45, 2.75) is 25.8 Å². The van der Waals surface area contributed by atoms with Gasteiger partial charge in [-0.1, -0.05) is 23.7 Å². The number of nitrogens with zero attached hydrogens (tertiary/aromatic N) is 1. The fraction of sp³-hybridized carbons (Fsp3) is 0.312. The molecule has 0 bridgehead atoms. The van der Waals surface area contributed by atoms with Crippen molar-refractivity contribution >= 4 is 33.2 Å². The lowest BCUT2D eigenvalue weighted by Gasteiger charge is -2.20. The third kappa shape index (κ3) is 3.15. The van der Waals surface area contributed by atoms with Gasteiger partial charge in [0, 0.05) is 5.02 Å². The Kier molecular flexibility index (Phi) is 3.99. The highest BCUT2D eigenvalue weighted by atomic mass is 79.9. The van der Waals surface area contributed by atoms with E-state index >= 15 is 0 Å². The maximum absolute atomic E-state index is 5.97. The highest BCUT2D eigenvalue weighted by Crippen LogP contribution is 2.43. The molecule has 0 saturated heterocycles. The fourth-order valence-corrected chi connectivity index (χ4v) is 2.73. The Balaban J connectivity index is 1.84. The fourth-order valence-electron chi connectivity index (χ4n) is 2.39. The van der Waals surface area contributed by atoms with Crippen LogP contribution in [0.2, 0.25) is 5.02 Å². The van der Waals surface area contributed by atoms with Gasteiger partial charge >= 0.3 is 0 Å². The molecule has 1 saturated carbocycles. The first-order valence-electron chi connectivity index (χ1n) is 6.77. The molecule has 0 spiro atoms. The van der Waals surface area contributed by atoms with E-state index in [1.165, 1.54) is 18.4 Å². The van der Waals surface area contributed by atoms with E-state index in [1.807, 2.05) is 18.3 Å². The molecule has 1 heterocycles. The average Bonchev–Trinajstić information content (AvgIpc) is 3.26. The van der Waals surface area contributed by atoms with Gasteiger partial charge in [0.15, 0.2) is 0 Å². The summed E-state index contributed by atoms with van der Waals surface area (Å²) in [4.78, 5) is 4.35. The number of pyridine rings is 1. The molecule has 1 aliphatic carbocycles. The smallest absolute Gasteiger partial charge is 0.109 e. The van der Waals surface area contributed by atoms with E-state index in [4.69, 9.17) is 11.6 Å². The van der Waals surface area contributed by atoms with Crippen LogP contribution in [0.5, 0.6) is 0 Å². The Morgan fingerprint density at radius 2 is 2.00 bits per heavy atom. The lowest BCUT2D eigenvalue weighted by Crippen LogP contribution is -2.13. The monoisotopic (exact) mass is 350 g/mol. The Hall–Kier alpha value is -1.06. The SMILES string of the molecule is Cc1cc(NC(c2ccc(Cl)cc2)C2CC2)cnc1Br. The molecular formula is C16H16BrClN2. The van der Waals surface area contributed by atoms with Crippen LogP contribution in [0, 0.1) is 12.8 Å². The third-order valence-corrected chi connectivity index (χ3v) is 4.74. The van der Waals surface area contributed by atoms with Crippen LogP contribution >= 0.6 is 27.5 Å². The van der Waals surface area contributed by atoms with Crippen LogP contribution in [-0.2, 0) is 0 Å². The van der Waals surface area contributed by atoms with Gasteiger partial charge in [-0.2, -0.15) is 0 Å². The Labute approximate surface area is 132 Å². The molecule has 3 rings (SSSR count). The zero-order chi connectivity index (χ0) is 14.1. The minimum atomic E-state index is 0.342. The second-order valence-corrected chi connectivity index (χ2v) is 6.53. The summed E-state index contributed by atoms with van der Waals surface area (Å²) in [6.07, 6.45) is 4.44. The summed E-state index contributed by atoms with van der Waals surface area (Å²) in [6, 6.07) is 10.6. The molecule has 1 fully saturated rings. The van der Waals surface area contributed by atoms with E-state index in [0.29, 0.717) is 12.0 Å². The van der Waals surface area contributed by atoms with Crippen LogP contribution in [0.3, 0.4) is 0 Å². The zero-order valence-electron chi connectivity index (χ0n) is 11.2. The number of anilines is 1. The number of aromatic nitrogens is 1. The molecule has 104 valence electrons. The van der Waals surface area contributed by atoms with E-state index in [-0.39, 0.29) is 0 Å². The number of aryl methyl sites for hydroxylation is 1. The van der Waals surface area contributed by atoms with Crippen molar-refractivity contribution in [1.82, 2.24) is 4.98 Å². The van der Waals surface area contributed by atoms with Gasteiger partial charge in [0.1, 0.15) is 4.60 Å². The van der Waals surface area contributed by atoms with Crippen molar-refractivity contribution < 1.29 is 0 Å². The molecule has 2 aromatic rings. The Morgan fingerprint density at radius 1 is 1.30 bits per heavy atom. The summed E-state index contributed by atoms with van der Waals surface area (Å²) in [5.41, 5.74) is 3.50. The topological polar surface area (TPSA) is 24.9 Å². The average molecular weight is 352 g/mol. The van der Waals surface area contributed by atoms with Crippen LogP contribution in [0.15, 0.2) is 41.1 Å². The Bertz CT molecular complexity index is 608. The molecule has 1 aromatic heterocycles. The molecule has 0 radical (unpaired) electrons. The molecule has 0 aliphatic heterocycles. The van der Waals surface area contributed by atoms with Crippen LogP contribution in [0.25, 0.3) is 0 Å². The van der Waals surface area contributed by atoms with E-state index in [1.54, 1.807) is 0 Å². The molecule has 0 amide bonds. The Morgan fingerprint density at radius 3 is 2.60 bits per heavy atom. The number of nitrogens with one attached hydrogen (secondary N) is 1. The molecule has 1 unspecified atom stereocenters. The van der Waals surface area contributed by atoms with Gasteiger partial charge in [0.2, 0.25) is 0 Å². The van der Waals surface area contributed by atoms with Crippen molar-refractivity contribution in [2.24, 2.45) is 5.92 Å². The van der Waals surface area contributed by atoms with Gasteiger partial charge in [-0.25, -0.2) is 4.98 Å². The summed E-state index contributed by atoms with van der Waals surface area (Å²) in [6.45, 7) is 2.05. The first-order valence-corrected chi connectivity index (χ1v) is 7.95. The van der Waals surface area contributed by atoms with E-state index < -0.39 is 0 Å². The maximum Gasteiger partial charge on any atom is 0.109 e. The predicted molar refractivity (Wildman–Crippen MR) is 87.2 cm³/mol. The van der Waals surface area contributed by atoms with Crippen molar-refractivity contribution in [2.75, 3.05) is 5.32 Å². The van der Waals surface area contributed by atoms with Gasteiger partial charge in [0.05, 0.1) is 17.9 Å². The third-order valence-electron chi connectivity index (χ3n) is 3.66. The molecule has 1 aliphatic rings. The summed E-state index contributed by atoms with van der Waals surface area (Å²) >= 11 is 9.41. The van der Waals surface area contributed by atoms with E-state index in [2.05, 4.69) is 51.4 Å². The first kappa shape index (κ1) is 13.9. The summed E-state index contributed by atoms with van der Waals surface area (Å²) in [7, 11) is 0. The van der Waals surface area contributed by atoms with Gasteiger partial charge in [-0.15, -0.1) is 0 Å². The minimum Gasteiger partial charge on any atom is -0.377 e. The zero-order valence-corrected chi connectivity index (χ0v) is 13.6. The standard InChI is InChI=1S/C16H16BrClN2/c1-10-8-14(9-19-16(10)17)20-15(11-2-3-11)12-4-6-13(18)7-5-12/h4-9,11,15,20H,2-3H2,1H3. The largest absolute Gasteiger partial charge is 0.377 e. The quantitative estimate of drug-likeness (QED) is 0.749. The number of hydrogen-bond acceptors (Lipinski definition) is 2. The second kappa shape index (κ2) is 5.74. The summed E-state index contributed by atoms with van der Waals surface area (Å²) in [5.74, 6) is 0.708. The summed E-state index contributed by atoms with van der Waals surface area (Å²) in [5, 5.41) is 4.40. The highest BCUT2D eigenvalue weighted by molar-refractivity contribution is 9.10. The molecule has 2 nitrogen and oxygen atoms in total. The van der Waals surface area contributed by atoms with Crippen LogP contribution in [-0.4, -0.2) is 4.98 Å². The minimum absolute atomic E-state index is 0.342. The van der Waals surface area contributed by atoms with Crippen molar-refractivity contribution in [1.29, 1.82) is 0 Å². The lowest BCUT2D eigenvalue weighted by molar-refractivity contribution is 0.678. The number of benzene rings is 1. The summed E-state index contributed by atoms with van der Waals surface area (Å²) < 4.78 is 0.900. The molecule has 1 aromatic carbocycles. The molecule has 1 atom stereocenters. The van der Waals surface area contributed by atoms with Gasteiger partial charge in [0.25, 0.3) is 0 Å². The normalized spacial score (nSPS) is 15.9. The molecular weight excluding hydrogens is 336 g/mol. The van der Waals surface area contributed by atoms with Gasteiger partial charge in [-0.3, -0.25) is 0 Å². The second-order valence-electron chi connectivity index (χ2n) is 5.34. The number of rotatable bonds is 4. The van der Waals surface area contributed by atoms with Gasteiger partial charge < -0.3 is 5.32 Å². The van der Waals surface area contributed by atoms with Crippen molar-refractivity contribution in [3.8, 4) is 0 Å². The van der Waals surface area contributed by atoms with Crippen LogP contribution in [0.1, 0.15) is 30.0 Å². The van der Waals surface area contributed by atoms with Crippen LogP contribution < -0.4 is 5.32 Å². The molecule has 20 heavy (non-hydrogen) atoms. The number of halogens is 2.